The van der Waals surface area contributed by atoms with E-state index in [4.69, 9.17) is 5.11 Å². The minimum atomic E-state index is -0.339. The Hall–Kier alpha value is -0.370. The van der Waals surface area contributed by atoms with Gasteiger partial charge in [-0.3, -0.25) is 4.79 Å². The fourth-order valence-electron chi connectivity index (χ4n) is 0.456. The maximum Gasteiger partial charge on any atom is 0.135 e. The Balaban J connectivity index is 3.85. The highest BCUT2D eigenvalue weighted by molar-refractivity contribution is 5.81. The van der Waals surface area contributed by atoms with Crippen molar-refractivity contribution < 1.29 is 9.90 Å². The van der Waals surface area contributed by atoms with Gasteiger partial charge in [0.05, 0.1) is 0 Å². The third kappa shape index (κ3) is 2.61. The second-order valence-corrected chi connectivity index (χ2v) is 2.91. The fourth-order valence-corrected chi connectivity index (χ4v) is 0.456. The van der Waals surface area contributed by atoms with E-state index in [0.717, 1.165) is 0 Å². The Morgan fingerprint density at radius 3 is 2.11 bits per heavy atom. The van der Waals surface area contributed by atoms with E-state index < -0.39 is 0 Å². The molecule has 0 rings (SSSR count). The quantitative estimate of drug-likeness (QED) is 0.618. The average Bonchev–Trinajstić information content (AvgIpc) is 1.65. The Labute approximate surface area is 55.9 Å². The van der Waals surface area contributed by atoms with Crippen LogP contribution < -0.4 is 0 Å². The predicted octanol–water partition coefficient (Wildman–Crippen LogP) is 0.984. The molecule has 0 amide bonds. The van der Waals surface area contributed by atoms with Gasteiger partial charge in [0.15, 0.2) is 0 Å². The largest absolute Gasteiger partial charge is 0.396 e. The van der Waals surface area contributed by atoms with Crippen molar-refractivity contribution in [2.45, 2.75) is 27.2 Å². The van der Waals surface area contributed by atoms with Crippen LogP contribution in [0.25, 0.3) is 0 Å². The maximum absolute atomic E-state index is 10.7. The van der Waals surface area contributed by atoms with Crippen LogP contribution in [0.4, 0.5) is 0 Å². The summed E-state index contributed by atoms with van der Waals surface area (Å²) >= 11 is 0. The van der Waals surface area contributed by atoms with Crippen molar-refractivity contribution in [3.63, 3.8) is 0 Å². The molecule has 9 heavy (non-hydrogen) atoms. The lowest BCUT2D eigenvalue weighted by atomic mass is 9.86. The summed E-state index contributed by atoms with van der Waals surface area (Å²) in [5.41, 5.74) is -0.339. The molecule has 1 N–H and O–H groups in total. The van der Waals surface area contributed by atoms with E-state index in [9.17, 15) is 4.79 Å². The summed E-state index contributed by atoms with van der Waals surface area (Å²) in [6.07, 6.45) is 0.558. The smallest absolute Gasteiger partial charge is 0.135 e. The van der Waals surface area contributed by atoms with E-state index in [-0.39, 0.29) is 17.8 Å². The van der Waals surface area contributed by atoms with Crippen molar-refractivity contribution in [2.75, 3.05) is 6.61 Å². The van der Waals surface area contributed by atoms with Crippen LogP contribution in [0.15, 0.2) is 0 Å². The molecule has 0 aromatic carbocycles. The molecule has 0 aliphatic carbocycles. The summed E-state index contributed by atoms with van der Waals surface area (Å²) in [6, 6.07) is 0. The summed E-state index contributed by atoms with van der Waals surface area (Å²) < 4.78 is 0. The lowest BCUT2D eigenvalue weighted by Gasteiger charge is -2.18. The normalized spacial score (nSPS) is 11.6. The van der Waals surface area contributed by atoms with E-state index >= 15 is 0 Å². The van der Waals surface area contributed by atoms with Crippen molar-refractivity contribution in [1.82, 2.24) is 0 Å². The second kappa shape index (κ2) is 2.97. The highest BCUT2D eigenvalue weighted by Crippen LogP contribution is 2.19. The standard InChI is InChI=1S/C7H14O2/c1-6(9)7(2,3)4-5-8/h8H,4-5H2,1-3H3. The van der Waals surface area contributed by atoms with Crippen LogP contribution in [-0.4, -0.2) is 17.5 Å². The number of carbonyl (C=O) groups is 1. The number of ketones is 1. The molecule has 2 heteroatoms. The first kappa shape index (κ1) is 8.63. The van der Waals surface area contributed by atoms with E-state index in [1.165, 1.54) is 0 Å². The van der Waals surface area contributed by atoms with Crippen LogP contribution in [-0.2, 0) is 4.79 Å². The predicted molar refractivity (Wildman–Crippen MR) is 36.2 cm³/mol. The molecular formula is C7H14O2. The van der Waals surface area contributed by atoms with E-state index in [2.05, 4.69) is 0 Å². The Morgan fingerprint density at radius 1 is 1.56 bits per heavy atom. The number of aliphatic hydroxyl groups excluding tert-OH is 1. The van der Waals surface area contributed by atoms with Gasteiger partial charge in [-0.05, 0) is 13.3 Å². The highest BCUT2D eigenvalue weighted by atomic mass is 16.3. The topological polar surface area (TPSA) is 37.3 Å². The van der Waals surface area contributed by atoms with Crippen LogP contribution in [0, 0.1) is 5.41 Å². The Bertz CT molecular complexity index is 105. The molecule has 0 fully saturated rings. The molecule has 2 nitrogen and oxygen atoms in total. The van der Waals surface area contributed by atoms with Gasteiger partial charge in [-0.2, -0.15) is 0 Å². The molecule has 0 unspecified atom stereocenters. The number of rotatable bonds is 3. The second-order valence-electron chi connectivity index (χ2n) is 2.91. The SMILES string of the molecule is CC(=O)C(C)(C)CCO. The minimum Gasteiger partial charge on any atom is -0.396 e. The summed E-state index contributed by atoms with van der Waals surface area (Å²) in [5.74, 6) is 0.136. The molecule has 0 bridgehead atoms. The van der Waals surface area contributed by atoms with Gasteiger partial charge in [-0.1, -0.05) is 13.8 Å². The zero-order valence-corrected chi connectivity index (χ0v) is 6.27. The molecule has 0 atom stereocenters. The number of hydrogen-bond donors (Lipinski definition) is 1. The van der Waals surface area contributed by atoms with E-state index in [1.807, 2.05) is 13.8 Å². The molecule has 0 aromatic heterocycles. The van der Waals surface area contributed by atoms with Gasteiger partial charge in [-0.15, -0.1) is 0 Å². The lowest BCUT2D eigenvalue weighted by Crippen LogP contribution is -2.22. The maximum atomic E-state index is 10.7. The van der Waals surface area contributed by atoms with Crippen LogP contribution >= 0.6 is 0 Å². The van der Waals surface area contributed by atoms with Gasteiger partial charge in [0, 0.05) is 12.0 Å². The summed E-state index contributed by atoms with van der Waals surface area (Å²) in [5, 5.41) is 8.50. The van der Waals surface area contributed by atoms with Gasteiger partial charge in [0.25, 0.3) is 0 Å². The van der Waals surface area contributed by atoms with Crippen LogP contribution in [0.5, 0.6) is 0 Å². The molecule has 0 saturated carbocycles. The Kier molecular flexibility index (Phi) is 2.85. The molecular weight excluding hydrogens is 116 g/mol. The first-order valence-corrected chi connectivity index (χ1v) is 3.12. The first-order valence-electron chi connectivity index (χ1n) is 3.12. The average molecular weight is 130 g/mol. The third-order valence-corrected chi connectivity index (χ3v) is 1.69. The van der Waals surface area contributed by atoms with Gasteiger partial charge in [0.2, 0.25) is 0 Å². The number of hydrogen-bond acceptors (Lipinski definition) is 2. The van der Waals surface area contributed by atoms with E-state index in [0.29, 0.717) is 6.42 Å². The van der Waals surface area contributed by atoms with Crippen molar-refractivity contribution in [1.29, 1.82) is 0 Å². The molecule has 0 saturated heterocycles. The molecule has 54 valence electrons. The third-order valence-electron chi connectivity index (χ3n) is 1.69. The minimum absolute atomic E-state index is 0.0899. The number of carbonyl (C=O) groups excluding carboxylic acids is 1. The van der Waals surface area contributed by atoms with Crippen molar-refractivity contribution in [2.24, 2.45) is 5.41 Å². The molecule has 0 aliphatic heterocycles. The molecule has 0 aromatic rings. The fraction of sp³-hybridized carbons (Fsp3) is 0.857. The molecule has 0 heterocycles. The Morgan fingerprint density at radius 2 is 2.00 bits per heavy atom. The molecule has 0 radical (unpaired) electrons. The highest BCUT2D eigenvalue weighted by Gasteiger charge is 2.21. The molecule has 0 spiro atoms. The van der Waals surface area contributed by atoms with Gasteiger partial charge in [0.1, 0.15) is 5.78 Å². The summed E-state index contributed by atoms with van der Waals surface area (Å²) in [7, 11) is 0. The van der Waals surface area contributed by atoms with Crippen LogP contribution in [0.2, 0.25) is 0 Å². The summed E-state index contributed by atoms with van der Waals surface area (Å²) in [4.78, 5) is 10.7. The number of aliphatic hydroxyl groups is 1. The monoisotopic (exact) mass is 130 g/mol. The van der Waals surface area contributed by atoms with Crippen LogP contribution in [0.1, 0.15) is 27.2 Å². The molecule has 0 aliphatic rings. The lowest BCUT2D eigenvalue weighted by molar-refractivity contribution is -0.125. The van der Waals surface area contributed by atoms with Crippen LogP contribution in [0.3, 0.4) is 0 Å². The van der Waals surface area contributed by atoms with Crippen molar-refractivity contribution in [3.8, 4) is 0 Å². The zero-order valence-electron chi connectivity index (χ0n) is 6.27. The van der Waals surface area contributed by atoms with Crippen molar-refractivity contribution in [3.05, 3.63) is 0 Å². The number of Topliss-reactive ketones (excluding diaryl/α,β-unsaturated/α-hetero) is 1. The van der Waals surface area contributed by atoms with Crippen molar-refractivity contribution >= 4 is 5.78 Å². The summed E-state index contributed by atoms with van der Waals surface area (Å²) in [6.45, 7) is 5.32. The van der Waals surface area contributed by atoms with Gasteiger partial charge >= 0.3 is 0 Å². The van der Waals surface area contributed by atoms with Gasteiger partial charge < -0.3 is 5.11 Å². The first-order chi connectivity index (χ1) is 4.00. The van der Waals surface area contributed by atoms with E-state index in [1.54, 1.807) is 6.92 Å². The zero-order chi connectivity index (χ0) is 7.49. The van der Waals surface area contributed by atoms with Gasteiger partial charge in [-0.25, -0.2) is 0 Å².